The van der Waals surface area contributed by atoms with Crippen LogP contribution in [0.25, 0.3) is 0 Å². The van der Waals surface area contributed by atoms with E-state index in [1.54, 1.807) is 23.6 Å². The van der Waals surface area contributed by atoms with Crippen LogP contribution in [-0.2, 0) is 9.59 Å². The maximum absolute atomic E-state index is 13.4. The Kier molecular flexibility index (Phi) is 5.14. The molecule has 30 heavy (non-hydrogen) atoms. The molecular formula is C24H27N3O2S. The predicted octanol–water partition coefficient (Wildman–Crippen LogP) is 4.86. The highest BCUT2D eigenvalue weighted by Crippen LogP contribution is 2.49. The van der Waals surface area contributed by atoms with E-state index in [1.165, 1.54) is 0 Å². The Morgan fingerprint density at radius 3 is 2.67 bits per heavy atom. The van der Waals surface area contributed by atoms with Crippen molar-refractivity contribution in [3.63, 3.8) is 0 Å². The molecule has 0 bridgehead atoms. The van der Waals surface area contributed by atoms with Gasteiger partial charge in [0.1, 0.15) is 5.82 Å². The Hall–Kier alpha value is -2.73. The molecule has 1 aliphatic carbocycles. The summed E-state index contributed by atoms with van der Waals surface area (Å²) in [5.41, 5.74) is 4.28. The van der Waals surface area contributed by atoms with Gasteiger partial charge >= 0.3 is 0 Å². The number of allylic oxidation sites excluding steroid dienone is 2. The molecule has 2 N–H and O–H groups in total. The van der Waals surface area contributed by atoms with Gasteiger partial charge in [-0.2, -0.15) is 0 Å². The predicted molar refractivity (Wildman–Crippen MR) is 120 cm³/mol. The molecule has 0 saturated heterocycles. The van der Waals surface area contributed by atoms with Crippen molar-refractivity contribution in [2.24, 2.45) is 11.3 Å². The summed E-state index contributed by atoms with van der Waals surface area (Å²) in [7, 11) is 0. The van der Waals surface area contributed by atoms with Gasteiger partial charge < -0.3 is 10.6 Å². The molecule has 4 rings (SSSR count). The lowest BCUT2D eigenvalue weighted by Gasteiger charge is -2.42. The average molecular weight is 422 g/mol. The zero-order valence-corrected chi connectivity index (χ0v) is 18.7. The number of carbonyl (C=O) groups excluding carboxylic acids is 2. The van der Waals surface area contributed by atoms with Crippen molar-refractivity contribution in [3.8, 4) is 0 Å². The molecule has 6 heteroatoms. The van der Waals surface area contributed by atoms with Crippen LogP contribution in [0.2, 0.25) is 0 Å². The topological polar surface area (TPSA) is 71.1 Å². The van der Waals surface area contributed by atoms with Gasteiger partial charge in [0.25, 0.3) is 0 Å². The van der Waals surface area contributed by atoms with Crippen molar-refractivity contribution in [1.82, 2.24) is 10.3 Å². The lowest BCUT2D eigenvalue weighted by molar-refractivity contribution is -0.120. The van der Waals surface area contributed by atoms with E-state index in [1.807, 2.05) is 31.4 Å². The number of hydrogen-bond donors (Lipinski definition) is 2. The van der Waals surface area contributed by atoms with Crippen LogP contribution in [0.15, 0.2) is 53.3 Å². The van der Waals surface area contributed by atoms with Crippen LogP contribution in [0, 0.1) is 25.2 Å². The minimum atomic E-state index is -0.589. The maximum Gasteiger partial charge on any atom is 0.235 e. The lowest BCUT2D eigenvalue weighted by Crippen LogP contribution is -2.44. The van der Waals surface area contributed by atoms with Gasteiger partial charge in [-0.25, -0.2) is 4.98 Å². The van der Waals surface area contributed by atoms with Crippen LogP contribution >= 0.6 is 11.3 Å². The number of nitrogens with zero attached hydrogens (tertiary/aromatic N) is 1. The third-order valence-corrected chi connectivity index (χ3v) is 6.98. The summed E-state index contributed by atoms with van der Waals surface area (Å²) in [6.45, 7) is 12.4. The number of aromatic nitrogens is 1. The fraction of sp³-hybridized carbons (Fsp3) is 0.375. The van der Waals surface area contributed by atoms with Crippen molar-refractivity contribution < 1.29 is 9.59 Å². The minimum Gasteiger partial charge on any atom is -0.362 e. The number of nitrogens with one attached hydrogen (secondary N) is 2. The quantitative estimate of drug-likeness (QED) is 0.743. The normalized spacial score (nSPS) is 23.1. The van der Waals surface area contributed by atoms with Gasteiger partial charge in [-0.1, -0.05) is 26.5 Å². The molecular weight excluding hydrogens is 394 g/mol. The number of ketones is 1. The second-order valence-corrected chi connectivity index (χ2v) is 10.1. The average Bonchev–Trinajstić information content (AvgIpc) is 3.07. The summed E-state index contributed by atoms with van der Waals surface area (Å²) in [6, 6.07) is 5.74. The van der Waals surface area contributed by atoms with Crippen LogP contribution in [0.5, 0.6) is 0 Å². The summed E-state index contributed by atoms with van der Waals surface area (Å²) in [5.74, 6) is -0.510. The van der Waals surface area contributed by atoms with E-state index < -0.39 is 5.92 Å². The number of Topliss-reactive ketones (excluding diaryl/α,β-unsaturated/α-hetero) is 1. The van der Waals surface area contributed by atoms with E-state index in [4.69, 9.17) is 0 Å². The summed E-state index contributed by atoms with van der Waals surface area (Å²) in [5, 5.41) is 8.27. The highest BCUT2D eigenvalue weighted by Gasteiger charge is 2.46. The standard InChI is InChI=1S/C24H27N3O2S/c1-13-6-7-18(25-12-13)27-23(29)19-15(3)26-16-10-24(4,5)11-17(28)20(16)21(19)22-14(2)8-9-30-22/h6-9,12,19,21,26H,3,10-11H2,1-2,4-5H3,(H,25,27,29). The van der Waals surface area contributed by atoms with E-state index >= 15 is 0 Å². The zero-order chi connectivity index (χ0) is 21.6. The van der Waals surface area contributed by atoms with E-state index in [9.17, 15) is 9.59 Å². The molecule has 0 fully saturated rings. The summed E-state index contributed by atoms with van der Waals surface area (Å²) >= 11 is 1.59. The number of aryl methyl sites for hydroxylation is 2. The van der Waals surface area contributed by atoms with Crippen molar-refractivity contribution in [3.05, 3.63) is 69.3 Å². The van der Waals surface area contributed by atoms with E-state index in [2.05, 4.69) is 36.0 Å². The van der Waals surface area contributed by atoms with Gasteiger partial charge in [0.2, 0.25) is 5.91 Å². The second kappa shape index (κ2) is 7.51. The Bertz CT molecular complexity index is 1060. The minimum absolute atomic E-state index is 0.112. The number of amides is 1. The molecule has 2 unspecified atom stereocenters. The van der Waals surface area contributed by atoms with E-state index in [0.29, 0.717) is 17.9 Å². The number of anilines is 1. The number of rotatable bonds is 3. The zero-order valence-electron chi connectivity index (χ0n) is 17.8. The smallest absolute Gasteiger partial charge is 0.235 e. The Labute approximate surface area is 181 Å². The van der Waals surface area contributed by atoms with Crippen LogP contribution in [0.3, 0.4) is 0 Å². The van der Waals surface area contributed by atoms with Gasteiger partial charge in [0.15, 0.2) is 5.78 Å². The Balaban J connectivity index is 1.77. The molecule has 5 nitrogen and oxygen atoms in total. The fourth-order valence-electron chi connectivity index (χ4n) is 4.49. The van der Waals surface area contributed by atoms with Gasteiger partial charge in [-0.3, -0.25) is 9.59 Å². The highest BCUT2D eigenvalue weighted by molar-refractivity contribution is 7.10. The molecule has 0 aromatic carbocycles. The molecule has 0 spiro atoms. The first-order chi connectivity index (χ1) is 14.2. The van der Waals surface area contributed by atoms with Gasteiger partial charge in [-0.15, -0.1) is 11.3 Å². The van der Waals surface area contributed by atoms with Crippen LogP contribution < -0.4 is 10.6 Å². The van der Waals surface area contributed by atoms with Crippen molar-refractivity contribution in [2.75, 3.05) is 5.32 Å². The first kappa shape index (κ1) is 20.5. The molecule has 3 heterocycles. The number of pyridine rings is 1. The fourth-order valence-corrected chi connectivity index (χ4v) is 5.56. The Morgan fingerprint density at radius 2 is 2.03 bits per heavy atom. The Morgan fingerprint density at radius 1 is 1.27 bits per heavy atom. The summed E-state index contributed by atoms with van der Waals surface area (Å²) in [4.78, 5) is 32.0. The van der Waals surface area contributed by atoms with Crippen molar-refractivity contribution >= 4 is 28.8 Å². The molecule has 156 valence electrons. The lowest BCUT2D eigenvalue weighted by atomic mass is 9.67. The molecule has 0 saturated carbocycles. The molecule has 1 aliphatic heterocycles. The molecule has 2 aliphatic rings. The van der Waals surface area contributed by atoms with Gasteiger partial charge in [0.05, 0.1) is 5.92 Å². The SMILES string of the molecule is C=C1NC2=C(C(=O)CC(C)(C)C2)C(c2sccc2C)C1C(=O)Nc1ccc(C)cn1. The molecule has 1 amide bonds. The maximum atomic E-state index is 13.4. The van der Waals surface area contributed by atoms with Crippen molar-refractivity contribution in [1.29, 1.82) is 0 Å². The van der Waals surface area contributed by atoms with Crippen LogP contribution in [0.4, 0.5) is 5.82 Å². The number of carbonyl (C=O) groups is 2. The number of thiophene rings is 1. The molecule has 0 radical (unpaired) electrons. The summed E-state index contributed by atoms with van der Waals surface area (Å²) in [6.07, 6.45) is 2.97. The number of hydrogen-bond acceptors (Lipinski definition) is 5. The van der Waals surface area contributed by atoms with Gasteiger partial charge in [-0.05, 0) is 54.3 Å². The highest BCUT2D eigenvalue weighted by atomic mass is 32.1. The van der Waals surface area contributed by atoms with Gasteiger partial charge in [0, 0.05) is 40.4 Å². The third-order valence-electron chi connectivity index (χ3n) is 5.88. The first-order valence-corrected chi connectivity index (χ1v) is 11.0. The molecule has 2 aromatic rings. The third kappa shape index (κ3) is 3.72. The van der Waals surface area contributed by atoms with Crippen LogP contribution in [0.1, 0.15) is 48.6 Å². The second-order valence-electron chi connectivity index (χ2n) is 9.12. The largest absolute Gasteiger partial charge is 0.362 e. The summed E-state index contributed by atoms with van der Waals surface area (Å²) < 4.78 is 0. The monoisotopic (exact) mass is 421 g/mol. The van der Waals surface area contributed by atoms with E-state index in [0.717, 1.165) is 33.7 Å². The first-order valence-electron chi connectivity index (χ1n) is 10.2. The van der Waals surface area contributed by atoms with Crippen molar-refractivity contribution in [2.45, 2.75) is 46.5 Å². The molecule has 2 aromatic heterocycles. The molecule has 2 atom stereocenters. The van der Waals surface area contributed by atoms with Crippen LogP contribution in [-0.4, -0.2) is 16.7 Å². The van der Waals surface area contributed by atoms with E-state index in [-0.39, 0.29) is 23.0 Å².